The maximum Gasteiger partial charge on any atom is 0.192 e. The van der Waals surface area contributed by atoms with Crippen molar-refractivity contribution in [3.8, 4) is 0 Å². The number of rotatable bonds is 4. The summed E-state index contributed by atoms with van der Waals surface area (Å²) < 4.78 is 6.12. The summed E-state index contributed by atoms with van der Waals surface area (Å²) in [6, 6.07) is 10.1. The first-order chi connectivity index (χ1) is 7.74. The van der Waals surface area contributed by atoms with Crippen LogP contribution in [0.4, 0.5) is 0 Å². The van der Waals surface area contributed by atoms with E-state index in [0.29, 0.717) is 6.61 Å². The topological polar surface area (TPSA) is 35.2 Å². The standard InChI is InChI=1S/C14H25NOSi.ClH/c1-14(2,3)17(4,5)16-11-13(15)12-9-7-6-8-10-12;/h6-10,13H,11,15H2,1-5H3;1H/t13-;/m1./s1. The quantitative estimate of drug-likeness (QED) is 0.845. The Balaban J connectivity index is 0.00000289. The van der Waals surface area contributed by atoms with Gasteiger partial charge in [-0.1, -0.05) is 51.1 Å². The smallest absolute Gasteiger partial charge is 0.192 e. The molecule has 4 heteroatoms. The number of hydrogen-bond acceptors (Lipinski definition) is 2. The number of benzene rings is 1. The van der Waals surface area contributed by atoms with E-state index in [9.17, 15) is 0 Å². The summed E-state index contributed by atoms with van der Waals surface area (Å²) in [6.07, 6.45) is 0. The molecule has 0 spiro atoms. The van der Waals surface area contributed by atoms with Gasteiger partial charge in [0.2, 0.25) is 0 Å². The summed E-state index contributed by atoms with van der Waals surface area (Å²) >= 11 is 0. The molecular formula is C14H26ClNOSi. The van der Waals surface area contributed by atoms with Crippen LogP contribution >= 0.6 is 12.4 Å². The van der Waals surface area contributed by atoms with Gasteiger partial charge in [-0.3, -0.25) is 0 Å². The van der Waals surface area contributed by atoms with Crippen LogP contribution in [-0.4, -0.2) is 14.9 Å². The fourth-order valence-corrected chi connectivity index (χ4v) is 2.34. The third-order valence-electron chi connectivity index (χ3n) is 3.66. The molecule has 0 unspecified atom stereocenters. The Hall–Kier alpha value is -0.353. The zero-order valence-corrected chi connectivity index (χ0v) is 13.9. The van der Waals surface area contributed by atoms with Crippen LogP contribution in [0.15, 0.2) is 30.3 Å². The molecule has 0 aromatic heterocycles. The molecule has 104 valence electrons. The Morgan fingerprint density at radius 3 is 2.11 bits per heavy atom. The van der Waals surface area contributed by atoms with Gasteiger partial charge in [0, 0.05) is 0 Å². The van der Waals surface area contributed by atoms with Crippen LogP contribution in [0.3, 0.4) is 0 Å². The predicted molar refractivity (Wildman–Crippen MR) is 83.8 cm³/mol. The van der Waals surface area contributed by atoms with Gasteiger partial charge in [-0.25, -0.2) is 0 Å². The molecule has 2 N–H and O–H groups in total. The number of halogens is 1. The molecule has 0 radical (unpaired) electrons. The Morgan fingerprint density at radius 2 is 1.67 bits per heavy atom. The van der Waals surface area contributed by atoms with Crippen molar-refractivity contribution in [3.63, 3.8) is 0 Å². The molecule has 1 aromatic carbocycles. The van der Waals surface area contributed by atoms with Crippen LogP contribution < -0.4 is 5.73 Å². The molecular weight excluding hydrogens is 262 g/mol. The van der Waals surface area contributed by atoms with Gasteiger partial charge in [-0.2, -0.15) is 0 Å². The fraction of sp³-hybridized carbons (Fsp3) is 0.571. The summed E-state index contributed by atoms with van der Waals surface area (Å²) in [5.74, 6) is 0. The molecule has 0 amide bonds. The van der Waals surface area contributed by atoms with E-state index in [-0.39, 0.29) is 23.5 Å². The summed E-state index contributed by atoms with van der Waals surface area (Å²) in [5.41, 5.74) is 7.29. The van der Waals surface area contributed by atoms with Crippen molar-refractivity contribution in [2.24, 2.45) is 5.73 Å². The molecule has 18 heavy (non-hydrogen) atoms. The van der Waals surface area contributed by atoms with Gasteiger partial charge in [0.15, 0.2) is 8.32 Å². The lowest BCUT2D eigenvalue weighted by atomic mass is 10.1. The van der Waals surface area contributed by atoms with Crippen molar-refractivity contribution >= 4 is 20.7 Å². The molecule has 0 bridgehead atoms. The van der Waals surface area contributed by atoms with Crippen molar-refractivity contribution in [2.45, 2.75) is 44.9 Å². The van der Waals surface area contributed by atoms with E-state index >= 15 is 0 Å². The second-order valence-corrected chi connectivity index (χ2v) is 10.9. The highest BCUT2D eigenvalue weighted by Gasteiger charge is 2.37. The van der Waals surface area contributed by atoms with E-state index in [1.165, 1.54) is 0 Å². The maximum absolute atomic E-state index is 6.14. The summed E-state index contributed by atoms with van der Waals surface area (Å²) in [5, 5.41) is 0.239. The minimum absolute atomic E-state index is 0. The second-order valence-electron chi connectivity index (χ2n) is 6.09. The predicted octanol–water partition coefficient (Wildman–Crippen LogP) is 4.13. The normalized spacial score (nSPS) is 13.9. The van der Waals surface area contributed by atoms with Crippen molar-refractivity contribution in [2.75, 3.05) is 6.61 Å². The Morgan fingerprint density at radius 1 is 1.17 bits per heavy atom. The first-order valence-electron chi connectivity index (χ1n) is 6.18. The largest absolute Gasteiger partial charge is 0.415 e. The molecule has 0 saturated heterocycles. The van der Waals surface area contributed by atoms with Crippen LogP contribution in [0, 0.1) is 0 Å². The van der Waals surface area contributed by atoms with Gasteiger partial charge in [-0.05, 0) is 23.7 Å². The van der Waals surface area contributed by atoms with Gasteiger partial charge in [0.1, 0.15) is 0 Å². The molecule has 0 aliphatic rings. The van der Waals surface area contributed by atoms with Crippen LogP contribution in [0.25, 0.3) is 0 Å². The molecule has 0 heterocycles. The highest BCUT2D eigenvalue weighted by atomic mass is 35.5. The third-order valence-corrected chi connectivity index (χ3v) is 8.16. The van der Waals surface area contributed by atoms with E-state index < -0.39 is 8.32 Å². The molecule has 1 rings (SSSR count). The van der Waals surface area contributed by atoms with E-state index in [2.05, 4.69) is 46.0 Å². The summed E-state index contributed by atoms with van der Waals surface area (Å²) in [6.45, 7) is 11.9. The minimum atomic E-state index is -1.68. The minimum Gasteiger partial charge on any atom is -0.415 e. The number of nitrogens with two attached hydrogens (primary N) is 1. The highest BCUT2D eigenvalue weighted by molar-refractivity contribution is 6.74. The van der Waals surface area contributed by atoms with Crippen LogP contribution in [-0.2, 0) is 4.43 Å². The van der Waals surface area contributed by atoms with Crippen molar-refractivity contribution in [3.05, 3.63) is 35.9 Å². The van der Waals surface area contributed by atoms with Gasteiger partial charge >= 0.3 is 0 Å². The van der Waals surface area contributed by atoms with Crippen LogP contribution in [0.1, 0.15) is 32.4 Å². The maximum atomic E-state index is 6.14. The zero-order chi connectivity index (χ0) is 13.1. The van der Waals surface area contributed by atoms with Crippen molar-refractivity contribution in [1.82, 2.24) is 0 Å². The third kappa shape index (κ3) is 4.73. The monoisotopic (exact) mass is 287 g/mol. The Kier molecular flexibility index (Phi) is 6.58. The van der Waals surface area contributed by atoms with Gasteiger partial charge in [-0.15, -0.1) is 12.4 Å². The van der Waals surface area contributed by atoms with Crippen molar-refractivity contribution in [1.29, 1.82) is 0 Å². The fourth-order valence-electron chi connectivity index (χ4n) is 1.31. The lowest BCUT2D eigenvalue weighted by Gasteiger charge is -2.37. The lowest BCUT2D eigenvalue weighted by Crippen LogP contribution is -2.42. The number of hydrogen-bond donors (Lipinski definition) is 1. The first kappa shape index (κ1) is 17.6. The molecule has 0 aliphatic heterocycles. The van der Waals surface area contributed by atoms with Crippen LogP contribution in [0.5, 0.6) is 0 Å². The second kappa shape index (κ2) is 6.71. The van der Waals surface area contributed by atoms with E-state index in [0.717, 1.165) is 5.56 Å². The zero-order valence-electron chi connectivity index (χ0n) is 12.1. The molecule has 1 atom stereocenters. The summed E-state index contributed by atoms with van der Waals surface area (Å²) in [4.78, 5) is 0. The Labute approximate surface area is 118 Å². The highest BCUT2D eigenvalue weighted by Crippen LogP contribution is 2.36. The van der Waals surface area contributed by atoms with Gasteiger partial charge in [0.05, 0.1) is 12.6 Å². The van der Waals surface area contributed by atoms with E-state index in [1.807, 2.05) is 18.2 Å². The van der Waals surface area contributed by atoms with E-state index in [4.69, 9.17) is 10.2 Å². The molecule has 0 saturated carbocycles. The van der Waals surface area contributed by atoms with Crippen LogP contribution in [0.2, 0.25) is 18.1 Å². The van der Waals surface area contributed by atoms with E-state index in [1.54, 1.807) is 0 Å². The summed E-state index contributed by atoms with van der Waals surface area (Å²) in [7, 11) is -1.68. The lowest BCUT2D eigenvalue weighted by molar-refractivity contribution is 0.264. The van der Waals surface area contributed by atoms with Crippen molar-refractivity contribution < 1.29 is 4.43 Å². The molecule has 1 aromatic rings. The first-order valence-corrected chi connectivity index (χ1v) is 9.09. The average Bonchev–Trinajstić information content (AvgIpc) is 2.25. The van der Waals surface area contributed by atoms with Gasteiger partial charge < -0.3 is 10.2 Å². The van der Waals surface area contributed by atoms with Gasteiger partial charge in [0.25, 0.3) is 0 Å². The SMILES string of the molecule is CC(C)(C)[Si](C)(C)OC[C@@H](N)c1ccccc1.Cl. The molecule has 0 fully saturated rings. The molecule has 2 nitrogen and oxygen atoms in total. The Bertz CT molecular complexity index is 349. The molecule has 0 aliphatic carbocycles. The average molecular weight is 288 g/mol.